The van der Waals surface area contributed by atoms with Gasteiger partial charge in [-0.25, -0.2) is 0 Å². The highest BCUT2D eigenvalue weighted by molar-refractivity contribution is 8.76. The first-order valence-corrected chi connectivity index (χ1v) is 23.7. The summed E-state index contributed by atoms with van der Waals surface area (Å²) in [5, 5.41) is 34.1. The highest BCUT2D eigenvalue weighted by Crippen LogP contribution is 2.64. The molecule has 314 valence electrons. The van der Waals surface area contributed by atoms with Crippen molar-refractivity contribution in [2.45, 2.75) is 101 Å². The summed E-state index contributed by atoms with van der Waals surface area (Å²) in [6.45, 7) is 2.45. The lowest BCUT2D eigenvalue weighted by Gasteiger charge is -2.44. The Bertz CT molecular complexity index is 2360. The molecule has 0 saturated heterocycles. The lowest BCUT2D eigenvalue weighted by atomic mass is 9.62. The first kappa shape index (κ1) is 42.3. The van der Waals surface area contributed by atoms with E-state index in [1.54, 1.807) is 58.1 Å². The molecule has 8 bridgehead atoms. The van der Waals surface area contributed by atoms with E-state index in [0.29, 0.717) is 66.2 Å². The number of rotatable bonds is 3. The minimum absolute atomic E-state index is 0.0147. The van der Waals surface area contributed by atoms with Crippen molar-refractivity contribution in [3.05, 3.63) is 123 Å². The molecule has 9 nitrogen and oxygen atoms in total. The topological polar surface area (TPSA) is 172 Å². The number of aromatic nitrogens is 1. The zero-order chi connectivity index (χ0) is 42.0. The maximum Gasteiger partial charge on any atom is 0.165 e. The van der Waals surface area contributed by atoms with E-state index in [-0.39, 0.29) is 46.9 Å². The number of allylic oxidation sites excluding steroid dienone is 2. The molecule has 5 unspecified atom stereocenters. The van der Waals surface area contributed by atoms with Crippen molar-refractivity contribution < 1.29 is 29.6 Å². The van der Waals surface area contributed by atoms with Gasteiger partial charge in [0.25, 0.3) is 0 Å². The Morgan fingerprint density at radius 1 is 0.983 bits per heavy atom. The maximum absolute atomic E-state index is 14.2. The van der Waals surface area contributed by atoms with Crippen LogP contribution in [0.15, 0.2) is 72.9 Å². The number of fused-ring (bicyclic) bond motifs is 7. The fourth-order valence-electron chi connectivity index (χ4n) is 10.3. The number of hydrogen-bond acceptors (Lipinski definition) is 10. The Hall–Kier alpha value is -4.44. The number of aromatic hydroxyl groups is 2. The number of ether oxygens (including phenoxy) is 1. The zero-order valence-corrected chi connectivity index (χ0v) is 35.8. The SMILES string of the molecule is CCCC1CCC23CSSCc4cc5c(cc4C(N)N)C#CCc4[nH]ccc4C(=O)CC5c4cc(ccc4O)CCOc4cc(ccc4O)CCC(=O)C=CC1(CC2O)C3. The number of phenolic OH excluding ortho intramolecular Hbond substituents is 2. The minimum Gasteiger partial charge on any atom is -0.508 e. The Morgan fingerprint density at radius 3 is 2.62 bits per heavy atom. The van der Waals surface area contributed by atoms with Gasteiger partial charge in [0.15, 0.2) is 23.1 Å². The second-order valence-electron chi connectivity index (χ2n) is 17.3. The maximum atomic E-state index is 14.2. The molecule has 3 aromatic carbocycles. The van der Waals surface area contributed by atoms with Crippen LogP contribution in [0.25, 0.3) is 0 Å². The quantitative estimate of drug-likeness (QED) is 0.0667. The van der Waals surface area contributed by atoms with Gasteiger partial charge in [0.1, 0.15) is 5.75 Å². The third-order valence-electron chi connectivity index (χ3n) is 13.5. The lowest BCUT2D eigenvalue weighted by Crippen LogP contribution is -2.38. The second kappa shape index (κ2) is 17.9. The van der Waals surface area contributed by atoms with Crippen molar-refractivity contribution in [1.29, 1.82) is 0 Å². The van der Waals surface area contributed by atoms with Gasteiger partial charge >= 0.3 is 0 Å². The number of ketones is 2. The van der Waals surface area contributed by atoms with Crippen LogP contribution in [0.5, 0.6) is 17.2 Å². The summed E-state index contributed by atoms with van der Waals surface area (Å²) in [5.74, 6) is 8.28. The number of aliphatic hydroxyl groups excluding tert-OH is 1. The van der Waals surface area contributed by atoms with Gasteiger partial charge in [-0.2, -0.15) is 0 Å². The predicted octanol–water partition coefficient (Wildman–Crippen LogP) is 8.57. The van der Waals surface area contributed by atoms with Crippen LogP contribution in [0.3, 0.4) is 0 Å². The van der Waals surface area contributed by atoms with Gasteiger partial charge in [-0.15, -0.1) is 0 Å². The van der Waals surface area contributed by atoms with E-state index in [0.717, 1.165) is 71.4 Å². The number of aromatic amines is 1. The third kappa shape index (κ3) is 8.68. The van der Waals surface area contributed by atoms with E-state index in [9.17, 15) is 24.9 Å². The van der Waals surface area contributed by atoms with Gasteiger partial charge in [0.2, 0.25) is 0 Å². The van der Waals surface area contributed by atoms with E-state index in [1.165, 1.54) is 0 Å². The molecule has 0 amide bonds. The predicted molar refractivity (Wildman–Crippen MR) is 239 cm³/mol. The van der Waals surface area contributed by atoms with Gasteiger partial charge in [-0.3, -0.25) is 9.59 Å². The molecule has 60 heavy (non-hydrogen) atoms. The summed E-state index contributed by atoms with van der Waals surface area (Å²) in [7, 11) is 3.47. The molecule has 2 heterocycles. The molecular weight excluding hydrogens is 791 g/mol. The first-order valence-electron chi connectivity index (χ1n) is 21.2. The fourth-order valence-corrected chi connectivity index (χ4v) is 13.1. The molecule has 1 aromatic heterocycles. The van der Waals surface area contributed by atoms with Crippen molar-refractivity contribution in [1.82, 2.24) is 4.98 Å². The van der Waals surface area contributed by atoms with Crippen molar-refractivity contribution in [3.8, 4) is 29.1 Å². The van der Waals surface area contributed by atoms with E-state index in [2.05, 4.69) is 35.9 Å². The van der Waals surface area contributed by atoms with Crippen molar-refractivity contribution >= 4 is 33.2 Å². The molecule has 1 aliphatic heterocycles. The number of Topliss-reactive ketones (excluding diaryl/α,β-unsaturated/α-hetero) is 1. The monoisotopic (exact) mass is 845 g/mol. The molecule has 2 saturated carbocycles. The number of carbonyl (C=O) groups is 2. The molecule has 0 spiro atoms. The summed E-state index contributed by atoms with van der Waals surface area (Å²) < 4.78 is 6.13. The van der Waals surface area contributed by atoms with Crippen LogP contribution in [0.4, 0.5) is 0 Å². The standard InChI is InChI=1S/C49H55N3O6S2/c1-2-4-34-13-17-49-28-48(34,26-46(49)57)18-14-35(53)10-7-30-9-12-43(55)45(22-30)58-20-16-31-8-11-42(54)40(21-31)39-25-44(56)36-15-19-52-41(36)6-3-5-32-23-38(47(50)51)33(24-37(32)39)27-59-60-29-49/h8-9,11-12,14-15,18-19,21-24,34,39,46-47,52,54-55,57H,2,4,6-7,10,13,16-17,20,25-29,50-51H2,1H3. The van der Waals surface area contributed by atoms with Crippen molar-refractivity contribution in [3.63, 3.8) is 0 Å². The Kier molecular flexibility index (Phi) is 12.6. The van der Waals surface area contributed by atoms with Crippen molar-refractivity contribution in [2.75, 3.05) is 12.4 Å². The number of hydrogen-bond donors (Lipinski definition) is 6. The second-order valence-corrected chi connectivity index (χ2v) is 19.8. The smallest absolute Gasteiger partial charge is 0.165 e. The molecule has 3 aliphatic carbocycles. The minimum atomic E-state index is -0.768. The van der Waals surface area contributed by atoms with Gasteiger partial charge in [-0.05, 0) is 114 Å². The summed E-state index contributed by atoms with van der Waals surface area (Å²) >= 11 is 0. The average Bonchev–Trinajstić information content (AvgIpc) is 3.79. The summed E-state index contributed by atoms with van der Waals surface area (Å²) in [6.07, 6.45) is 11.8. The van der Waals surface area contributed by atoms with E-state index >= 15 is 0 Å². The van der Waals surface area contributed by atoms with Crippen molar-refractivity contribution in [2.24, 2.45) is 28.2 Å². The van der Waals surface area contributed by atoms with E-state index in [1.807, 2.05) is 24.3 Å². The summed E-state index contributed by atoms with van der Waals surface area (Å²) in [6, 6.07) is 16.5. The van der Waals surface area contributed by atoms with Crippen LogP contribution in [0, 0.1) is 28.6 Å². The number of carbonyl (C=O) groups excluding carboxylic acids is 2. The number of phenols is 2. The number of nitrogens with two attached hydrogens (primary N) is 2. The average molecular weight is 846 g/mol. The number of nitrogens with one attached hydrogen (secondary N) is 1. The zero-order valence-electron chi connectivity index (χ0n) is 34.2. The normalized spacial score (nSPS) is 25.9. The van der Waals surface area contributed by atoms with Crippen LogP contribution in [-0.4, -0.2) is 50.3 Å². The van der Waals surface area contributed by atoms with Gasteiger partial charge in [-0.1, -0.05) is 77.1 Å². The summed E-state index contributed by atoms with van der Waals surface area (Å²) in [4.78, 5) is 30.8. The number of aryl methyl sites for hydroxylation is 1. The molecule has 0 radical (unpaired) electrons. The molecule has 8 N–H and O–H groups in total. The highest BCUT2D eigenvalue weighted by Gasteiger charge is 2.58. The van der Waals surface area contributed by atoms with Crippen LogP contribution < -0.4 is 16.2 Å². The van der Waals surface area contributed by atoms with Crippen LogP contribution in [-0.2, 0) is 29.8 Å². The lowest BCUT2D eigenvalue weighted by molar-refractivity contribution is -0.114. The Balaban J connectivity index is 1.19. The molecule has 4 aliphatic rings. The van der Waals surface area contributed by atoms with Gasteiger partial charge in [0, 0.05) is 70.7 Å². The first-order chi connectivity index (χ1) is 29.0. The molecular formula is C49H55N3O6S2. The Labute approximate surface area is 360 Å². The molecule has 8 rings (SSSR count). The molecule has 11 heteroatoms. The molecule has 4 aromatic rings. The van der Waals surface area contributed by atoms with E-state index < -0.39 is 18.2 Å². The van der Waals surface area contributed by atoms with Gasteiger partial charge in [0.05, 0.1) is 25.3 Å². The van der Waals surface area contributed by atoms with Crippen LogP contribution in [0.1, 0.15) is 125 Å². The summed E-state index contributed by atoms with van der Waals surface area (Å²) in [5.41, 5.74) is 19.4. The van der Waals surface area contributed by atoms with Crippen LogP contribution >= 0.6 is 21.6 Å². The van der Waals surface area contributed by atoms with E-state index in [4.69, 9.17) is 16.2 Å². The highest BCUT2D eigenvalue weighted by atomic mass is 33.1. The number of aliphatic hydroxyl groups is 1. The van der Waals surface area contributed by atoms with Crippen LogP contribution in [0.2, 0.25) is 0 Å². The largest absolute Gasteiger partial charge is 0.508 e. The third-order valence-corrected chi connectivity index (χ3v) is 16.0. The molecule has 2 fully saturated rings. The number of benzene rings is 3. The number of H-pyrrole nitrogens is 1. The Morgan fingerprint density at radius 2 is 1.80 bits per heavy atom. The fraction of sp³-hybridized carbons (Fsp3) is 0.429. The molecule has 5 atom stereocenters. The van der Waals surface area contributed by atoms with Gasteiger partial charge < -0.3 is 36.5 Å².